The van der Waals surface area contributed by atoms with Gasteiger partial charge >= 0.3 is 12.0 Å². The van der Waals surface area contributed by atoms with Crippen LogP contribution in [0.3, 0.4) is 0 Å². The van der Waals surface area contributed by atoms with Crippen LogP contribution in [-0.2, 0) is 11.3 Å². The lowest BCUT2D eigenvalue weighted by molar-refractivity contribution is -0.143. The third-order valence-electron chi connectivity index (χ3n) is 4.88. The third-order valence-corrected chi connectivity index (χ3v) is 4.88. The van der Waals surface area contributed by atoms with Crippen LogP contribution in [0.4, 0.5) is 10.5 Å². The van der Waals surface area contributed by atoms with Gasteiger partial charge in [-0.05, 0) is 42.2 Å². The molecule has 0 aliphatic carbocycles. The molecule has 8 heteroatoms. The van der Waals surface area contributed by atoms with Crippen LogP contribution in [0.2, 0.25) is 0 Å². The Kier molecular flexibility index (Phi) is 6.43. The Hall–Kier alpha value is -3.42. The maximum Gasteiger partial charge on any atom is 0.317 e. The van der Waals surface area contributed by atoms with Crippen molar-refractivity contribution in [1.82, 2.24) is 15.2 Å². The highest BCUT2D eigenvalue weighted by Gasteiger charge is 2.31. The van der Waals surface area contributed by atoms with Crippen molar-refractivity contribution >= 4 is 23.6 Å². The highest BCUT2D eigenvalue weighted by atomic mass is 16.4. The lowest BCUT2D eigenvalue weighted by atomic mass is 9.91. The second-order valence-corrected chi connectivity index (χ2v) is 7.33. The summed E-state index contributed by atoms with van der Waals surface area (Å²) < 4.78 is 0. The van der Waals surface area contributed by atoms with E-state index in [2.05, 4.69) is 15.6 Å². The summed E-state index contributed by atoms with van der Waals surface area (Å²) in [5.74, 6) is -1.48. The minimum absolute atomic E-state index is 0.151. The fourth-order valence-corrected chi connectivity index (χ4v) is 3.39. The molecule has 2 unspecified atom stereocenters. The van der Waals surface area contributed by atoms with Gasteiger partial charge < -0.3 is 20.6 Å². The molecule has 3 amide bonds. The Morgan fingerprint density at radius 2 is 1.93 bits per heavy atom. The number of carboxylic acids is 1. The van der Waals surface area contributed by atoms with E-state index in [4.69, 9.17) is 0 Å². The summed E-state index contributed by atoms with van der Waals surface area (Å²) in [5.41, 5.74) is 1.99. The molecule has 0 saturated carbocycles. The van der Waals surface area contributed by atoms with Crippen molar-refractivity contribution in [2.24, 2.45) is 11.8 Å². The average molecular weight is 396 g/mol. The zero-order valence-corrected chi connectivity index (χ0v) is 16.2. The molecule has 1 aliphatic heterocycles. The van der Waals surface area contributed by atoms with Crippen molar-refractivity contribution in [1.29, 1.82) is 0 Å². The molecule has 1 aliphatic rings. The lowest BCUT2D eigenvalue weighted by Gasteiger charge is -2.34. The number of urea groups is 1. The first kappa shape index (κ1) is 20.3. The number of aliphatic carboxylic acids is 1. The smallest absolute Gasteiger partial charge is 0.317 e. The second kappa shape index (κ2) is 9.18. The number of nitrogens with one attached hydrogen (secondary N) is 2. The molecular formula is C21H24N4O4. The van der Waals surface area contributed by atoms with E-state index in [0.717, 1.165) is 5.56 Å². The number of hydrogen-bond acceptors (Lipinski definition) is 4. The van der Waals surface area contributed by atoms with Crippen molar-refractivity contribution in [3.8, 4) is 0 Å². The van der Waals surface area contributed by atoms with E-state index in [1.807, 2.05) is 19.1 Å². The first-order chi connectivity index (χ1) is 13.9. The molecule has 0 spiro atoms. The number of benzene rings is 1. The van der Waals surface area contributed by atoms with Gasteiger partial charge in [-0.25, -0.2) is 4.79 Å². The van der Waals surface area contributed by atoms with Gasteiger partial charge in [0.1, 0.15) is 0 Å². The van der Waals surface area contributed by atoms with Crippen LogP contribution in [0, 0.1) is 11.8 Å². The number of carbonyl (C=O) groups is 3. The molecule has 0 bridgehead atoms. The monoisotopic (exact) mass is 396 g/mol. The number of anilines is 1. The van der Waals surface area contributed by atoms with Gasteiger partial charge in [-0.15, -0.1) is 0 Å². The maximum absolute atomic E-state index is 12.4. The largest absolute Gasteiger partial charge is 0.481 e. The number of likely N-dealkylation sites (tertiary alicyclic amines) is 1. The average Bonchev–Trinajstić information content (AvgIpc) is 2.73. The van der Waals surface area contributed by atoms with E-state index in [-0.39, 0.29) is 24.4 Å². The zero-order chi connectivity index (χ0) is 20.8. The van der Waals surface area contributed by atoms with Crippen LogP contribution in [0.5, 0.6) is 0 Å². The summed E-state index contributed by atoms with van der Waals surface area (Å²) in [6, 6.07) is 10.3. The molecular weight excluding hydrogens is 372 g/mol. The second-order valence-electron chi connectivity index (χ2n) is 7.33. The van der Waals surface area contributed by atoms with Crippen LogP contribution >= 0.6 is 0 Å². The summed E-state index contributed by atoms with van der Waals surface area (Å²) in [6.45, 7) is 3.05. The first-order valence-electron chi connectivity index (χ1n) is 9.48. The minimum Gasteiger partial charge on any atom is -0.481 e. The molecule has 2 heterocycles. The quantitative estimate of drug-likeness (QED) is 0.719. The fraction of sp³-hybridized carbons (Fsp3) is 0.333. The van der Waals surface area contributed by atoms with Crippen molar-refractivity contribution in [3.05, 3.63) is 59.9 Å². The van der Waals surface area contributed by atoms with E-state index < -0.39 is 11.9 Å². The van der Waals surface area contributed by atoms with Crippen LogP contribution in [0.15, 0.2) is 48.8 Å². The number of pyridine rings is 1. The number of piperidine rings is 1. The first-order valence-corrected chi connectivity index (χ1v) is 9.48. The highest BCUT2D eigenvalue weighted by molar-refractivity contribution is 6.04. The highest BCUT2D eigenvalue weighted by Crippen LogP contribution is 2.22. The molecule has 152 valence electrons. The molecule has 3 rings (SSSR count). The fourth-order valence-electron chi connectivity index (χ4n) is 3.39. The number of hydrogen-bond donors (Lipinski definition) is 3. The van der Waals surface area contributed by atoms with Crippen molar-refractivity contribution < 1.29 is 19.5 Å². The number of amides is 3. The van der Waals surface area contributed by atoms with Gasteiger partial charge in [0.2, 0.25) is 0 Å². The van der Waals surface area contributed by atoms with E-state index >= 15 is 0 Å². The molecule has 1 aromatic carbocycles. The summed E-state index contributed by atoms with van der Waals surface area (Å²) in [7, 11) is 0. The van der Waals surface area contributed by atoms with Crippen LogP contribution in [-0.4, -0.2) is 46.0 Å². The normalized spacial score (nSPS) is 18.7. The van der Waals surface area contributed by atoms with Crippen LogP contribution in [0.25, 0.3) is 0 Å². The van der Waals surface area contributed by atoms with E-state index in [0.29, 0.717) is 30.8 Å². The number of carbonyl (C=O) groups excluding carboxylic acids is 2. The SMILES string of the molecule is CC1CC(C(=O)O)CN(C(=O)NCc2ccc(NC(=O)c3cccnc3)cc2)C1. The third kappa shape index (κ3) is 5.54. The molecule has 1 saturated heterocycles. The Labute approximate surface area is 168 Å². The molecule has 0 radical (unpaired) electrons. The van der Waals surface area contributed by atoms with Gasteiger partial charge in [-0.2, -0.15) is 0 Å². The molecule has 8 nitrogen and oxygen atoms in total. The summed E-state index contributed by atoms with van der Waals surface area (Å²) in [4.78, 5) is 41.3. The maximum atomic E-state index is 12.4. The Balaban J connectivity index is 1.51. The van der Waals surface area contributed by atoms with Crippen molar-refractivity contribution in [2.75, 3.05) is 18.4 Å². The molecule has 1 fully saturated rings. The van der Waals surface area contributed by atoms with E-state index in [9.17, 15) is 19.5 Å². The van der Waals surface area contributed by atoms with Gasteiger partial charge in [0.15, 0.2) is 0 Å². The van der Waals surface area contributed by atoms with Crippen LogP contribution < -0.4 is 10.6 Å². The van der Waals surface area contributed by atoms with E-state index in [1.54, 1.807) is 35.4 Å². The molecule has 1 aromatic heterocycles. The molecule has 2 aromatic rings. The summed E-state index contributed by atoms with van der Waals surface area (Å²) in [6.07, 6.45) is 3.69. The molecule has 3 N–H and O–H groups in total. The van der Waals surface area contributed by atoms with Crippen LogP contribution in [0.1, 0.15) is 29.3 Å². The Morgan fingerprint density at radius 1 is 1.17 bits per heavy atom. The number of rotatable bonds is 5. The predicted molar refractivity (Wildman–Crippen MR) is 107 cm³/mol. The van der Waals surface area contributed by atoms with E-state index in [1.165, 1.54) is 6.20 Å². The zero-order valence-electron chi connectivity index (χ0n) is 16.2. The van der Waals surface area contributed by atoms with Gasteiger partial charge in [-0.3, -0.25) is 14.6 Å². The van der Waals surface area contributed by atoms with Gasteiger partial charge in [0.05, 0.1) is 11.5 Å². The number of aromatic nitrogens is 1. The molecule has 2 atom stereocenters. The lowest BCUT2D eigenvalue weighted by Crippen LogP contribution is -2.49. The van der Waals surface area contributed by atoms with Crippen molar-refractivity contribution in [3.63, 3.8) is 0 Å². The number of carboxylic acid groups (broad SMARTS) is 1. The van der Waals surface area contributed by atoms with Gasteiger partial charge in [-0.1, -0.05) is 19.1 Å². The Morgan fingerprint density at radius 3 is 2.59 bits per heavy atom. The van der Waals surface area contributed by atoms with Gasteiger partial charge in [0, 0.05) is 37.7 Å². The number of nitrogens with zero attached hydrogens (tertiary/aromatic N) is 2. The molecule has 29 heavy (non-hydrogen) atoms. The Bertz CT molecular complexity index is 870. The van der Waals surface area contributed by atoms with Gasteiger partial charge in [0.25, 0.3) is 5.91 Å². The predicted octanol–water partition coefficient (Wildman–Crippen LogP) is 2.59. The summed E-state index contributed by atoms with van der Waals surface area (Å²) in [5, 5.41) is 14.9. The standard InChI is InChI=1S/C21H24N4O4/c1-14-9-17(20(27)28)13-25(12-14)21(29)23-10-15-4-6-18(7-5-15)24-19(26)16-3-2-8-22-11-16/h2-8,11,14,17H,9-10,12-13H2,1H3,(H,23,29)(H,24,26)(H,27,28). The summed E-state index contributed by atoms with van der Waals surface area (Å²) >= 11 is 0. The topological polar surface area (TPSA) is 112 Å². The minimum atomic E-state index is -0.863. The van der Waals surface area contributed by atoms with Crippen molar-refractivity contribution in [2.45, 2.75) is 19.9 Å².